The summed E-state index contributed by atoms with van der Waals surface area (Å²) in [7, 11) is 1.70. The van der Waals surface area contributed by atoms with Crippen LogP contribution in [-0.2, 0) is 17.9 Å². The summed E-state index contributed by atoms with van der Waals surface area (Å²) < 4.78 is 1.34. The van der Waals surface area contributed by atoms with Crippen LogP contribution in [0.1, 0.15) is 5.56 Å². The summed E-state index contributed by atoms with van der Waals surface area (Å²) in [6.45, 7) is 0.409. The van der Waals surface area contributed by atoms with Crippen LogP contribution in [0.3, 0.4) is 0 Å². The van der Waals surface area contributed by atoms with Gasteiger partial charge in [-0.1, -0.05) is 35.9 Å². The molecule has 0 aliphatic carbocycles. The van der Waals surface area contributed by atoms with Crippen molar-refractivity contribution in [3.63, 3.8) is 0 Å². The number of para-hydroxylation sites is 1. The fraction of sp³-hybridized carbons (Fsp3) is 0.167. The lowest BCUT2D eigenvalue weighted by Crippen LogP contribution is -2.33. The maximum absolute atomic E-state index is 12.4. The van der Waals surface area contributed by atoms with Crippen molar-refractivity contribution in [2.45, 2.75) is 13.1 Å². The molecule has 0 saturated carbocycles. The third kappa shape index (κ3) is 3.46. The highest BCUT2D eigenvalue weighted by atomic mass is 35.5. The molecule has 3 rings (SSSR count). The number of carbonyl (C=O) groups is 1. The number of hydrogen-bond donors (Lipinski definition) is 0. The van der Waals surface area contributed by atoms with E-state index in [9.17, 15) is 9.59 Å². The summed E-state index contributed by atoms with van der Waals surface area (Å²) in [5, 5.41) is 1.16. The van der Waals surface area contributed by atoms with Crippen LogP contribution in [0.25, 0.3) is 10.9 Å². The predicted octanol–water partition coefficient (Wildman–Crippen LogP) is 2.71. The lowest BCUT2D eigenvalue weighted by molar-refractivity contribution is -0.131. The summed E-state index contributed by atoms with van der Waals surface area (Å²) in [5.74, 6) is -0.163. The number of amides is 1. The van der Waals surface area contributed by atoms with Gasteiger partial charge >= 0.3 is 0 Å². The Morgan fingerprint density at radius 2 is 1.88 bits per heavy atom. The molecule has 122 valence electrons. The average Bonchev–Trinajstić information content (AvgIpc) is 2.59. The molecule has 3 aromatic rings. The molecular weight excluding hydrogens is 326 g/mol. The average molecular weight is 342 g/mol. The van der Waals surface area contributed by atoms with Crippen LogP contribution in [0, 0.1) is 0 Å². The Balaban J connectivity index is 1.75. The number of carbonyl (C=O) groups excluding carboxylic acids is 1. The molecule has 0 spiro atoms. The number of likely N-dealkylation sites (N-methyl/N-ethyl adjacent to an activating group) is 1. The summed E-state index contributed by atoms with van der Waals surface area (Å²) in [4.78, 5) is 30.6. The molecule has 24 heavy (non-hydrogen) atoms. The minimum atomic E-state index is -0.214. The van der Waals surface area contributed by atoms with Gasteiger partial charge in [-0.2, -0.15) is 0 Å². The van der Waals surface area contributed by atoms with Crippen molar-refractivity contribution in [1.29, 1.82) is 0 Å². The number of halogens is 1. The Labute approximate surface area is 144 Å². The monoisotopic (exact) mass is 341 g/mol. The Hall–Kier alpha value is -2.66. The zero-order valence-electron chi connectivity index (χ0n) is 13.1. The van der Waals surface area contributed by atoms with Crippen molar-refractivity contribution in [2.75, 3.05) is 7.05 Å². The Bertz CT molecular complexity index is 935. The lowest BCUT2D eigenvalue weighted by atomic mass is 10.2. The Morgan fingerprint density at radius 3 is 2.62 bits per heavy atom. The third-order valence-electron chi connectivity index (χ3n) is 3.80. The second-order valence-corrected chi connectivity index (χ2v) is 6.01. The first-order chi connectivity index (χ1) is 11.5. The zero-order chi connectivity index (χ0) is 17.1. The first kappa shape index (κ1) is 16.2. The molecule has 1 amide bonds. The van der Waals surface area contributed by atoms with Gasteiger partial charge in [0.2, 0.25) is 5.91 Å². The number of aromatic nitrogens is 2. The van der Waals surface area contributed by atoms with Crippen LogP contribution in [0.15, 0.2) is 59.7 Å². The van der Waals surface area contributed by atoms with E-state index in [1.165, 1.54) is 10.9 Å². The predicted molar refractivity (Wildman–Crippen MR) is 93.9 cm³/mol. The van der Waals surface area contributed by atoms with Crippen LogP contribution in [0.4, 0.5) is 0 Å². The molecule has 5 nitrogen and oxygen atoms in total. The molecule has 0 bridgehead atoms. The van der Waals surface area contributed by atoms with Crippen molar-refractivity contribution in [1.82, 2.24) is 14.5 Å². The van der Waals surface area contributed by atoms with Crippen LogP contribution in [0.2, 0.25) is 5.02 Å². The fourth-order valence-corrected chi connectivity index (χ4v) is 2.56. The minimum Gasteiger partial charge on any atom is -0.340 e. The van der Waals surface area contributed by atoms with Crippen molar-refractivity contribution < 1.29 is 4.79 Å². The van der Waals surface area contributed by atoms with E-state index in [4.69, 9.17) is 11.6 Å². The highest BCUT2D eigenvalue weighted by Gasteiger charge is 2.12. The van der Waals surface area contributed by atoms with Gasteiger partial charge in [-0.15, -0.1) is 0 Å². The molecule has 1 heterocycles. The van der Waals surface area contributed by atoms with Crippen molar-refractivity contribution in [3.05, 3.63) is 75.8 Å². The van der Waals surface area contributed by atoms with Gasteiger partial charge in [0.05, 0.1) is 17.2 Å². The first-order valence-corrected chi connectivity index (χ1v) is 7.85. The van der Waals surface area contributed by atoms with Crippen LogP contribution in [0.5, 0.6) is 0 Å². The molecule has 6 heteroatoms. The van der Waals surface area contributed by atoms with E-state index >= 15 is 0 Å². The SMILES string of the molecule is CN(Cc1ccc(Cl)cc1)C(=O)Cn1cnc2ccccc2c1=O. The van der Waals surface area contributed by atoms with Gasteiger partial charge in [0.1, 0.15) is 6.54 Å². The highest BCUT2D eigenvalue weighted by molar-refractivity contribution is 6.30. The van der Waals surface area contributed by atoms with E-state index < -0.39 is 0 Å². The number of fused-ring (bicyclic) bond motifs is 1. The summed E-state index contributed by atoms with van der Waals surface area (Å²) >= 11 is 5.86. The van der Waals surface area contributed by atoms with Gasteiger partial charge in [-0.3, -0.25) is 14.2 Å². The van der Waals surface area contributed by atoms with Gasteiger partial charge in [0.15, 0.2) is 0 Å². The van der Waals surface area contributed by atoms with Gasteiger partial charge in [0, 0.05) is 18.6 Å². The van der Waals surface area contributed by atoms with E-state index in [0.717, 1.165) is 5.56 Å². The first-order valence-electron chi connectivity index (χ1n) is 7.47. The van der Waals surface area contributed by atoms with Gasteiger partial charge < -0.3 is 4.90 Å². The van der Waals surface area contributed by atoms with E-state index in [2.05, 4.69) is 4.98 Å². The maximum atomic E-state index is 12.4. The standard InChI is InChI=1S/C18H16ClN3O2/c1-21(10-13-6-8-14(19)9-7-13)17(23)11-22-12-20-16-5-3-2-4-15(16)18(22)24/h2-9,12H,10-11H2,1H3. The number of nitrogens with zero attached hydrogens (tertiary/aromatic N) is 3. The molecule has 0 atom stereocenters. The normalized spacial score (nSPS) is 10.8. The molecule has 0 saturated heterocycles. The smallest absolute Gasteiger partial charge is 0.261 e. The Morgan fingerprint density at radius 1 is 1.17 bits per heavy atom. The maximum Gasteiger partial charge on any atom is 0.261 e. The van der Waals surface area contributed by atoms with Gasteiger partial charge in [-0.25, -0.2) is 4.98 Å². The molecule has 0 unspecified atom stereocenters. The molecule has 2 aromatic carbocycles. The van der Waals surface area contributed by atoms with Crippen molar-refractivity contribution >= 4 is 28.4 Å². The largest absolute Gasteiger partial charge is 0.340 e. The quantitative estimate of drug-likeness (QED) is 0.733. The summed E-state index contributed by atoms with van der Waals surface area (Å²) in [6, 6.07) is 14.4. The molecule has 0 aliphatic rings. The van der Waals surface area contributed by atoms with E-state index in [-0.39, 0.29) is 18.0 Å². The van der Waals surface area contributed by atoms with Gasteiger partial charge in [-0.05, 0) is 29.8 Å². The van der Waals surface area contributed by atoms with E-state index in [0.29, 0.717) is 22.5 Å². The Kier molecular flexibility index (Phi) is 4.62. The zero-order valence-corrected chi connectivity index (χ0v) is 13.9. The molecule has 0 radical (unpaired) electrons. The molecule has 0 aliphatic heterocycles. The van der Waals surface area contributed by atoms with Crippen molar-refractivity contribution in [2.24, 2.45) is 0 Å². The second-order valence-electron chi connectivity index (χ2n) is 5.57. The van der Waals surface area contributed by atoms with Crippen LogP contribution in [-0.4, -0.2) is 27.4 Å². The van der Waals surface area contributed by atoms with Crippen LogP contribution >= 0.6 is 11.6 Å². The van der Waals surface area contributed by atoms with Crippen LogP contribution < -0.4 is 5.56 Å². The van der Waals surface area contributed by atoms with Gasteiger partial charge in [0.25, 0.3) is 5.56 Å². The van der Waals surface area contributed by atoms with Crippen molar-refractivity contribution in [3.8, 4) is 0 Å². The highest BCUT2D eigenvalue weighted by Crippen LogP contribution is 2.11. The summed E-state index contributed by atoms with van der Waals surface area (Å²) in [6.07, 6.45) is 1.42. The third-order valence-corrected chi connectivity index (χ3v) is 4.05. The molecule has 0 N–H and O–H groups in total. The molecule has 0 fully saturated rings. The van der Waals surface area contributed by atoms with E-state index in [1.807, 2.05) is 18.2 Å². The summed E-state index contributed by atoms with van der Waals surface area (Å²) in [5.41, 5.74) is 1.38. The number of hydrogen-bond acceptors (Lipinski definition) is 3. The number of benzene rings is 2. The molecular formula is C18H16ClN3O2. The number of rotatable bonds is 4. The minimum absolute atomic E-state index is 0.0409. The molecule has 1 aromatic heterocycles. The lowest BCUT2D eigenvalue weighted by Gasteiger charge is -2.18. The van der Waals surface area contributed by atoms with E-state index in [1.54, 1.807) is 42.3 Å². The topological polar surface area (TPSA) is 55.2 Å². The fourth-order valence-electron chi connectivity index (χ4n) is 2.44. The second kappa shape index (κ2) is 6.84.